The Morgan fingerprint density at radius 2 is 1.87 bits per heavy atom. The molecule has 0 saturated carbocycles. The van der Waals surface area contributed by atoms with Gasteiger partial charge in [0, 0.05) is 18.9 Å². The Morgan fingerprint density at radius 1 is 1.13 bits per heavy atom. The molecule has 1 fully saturated rings. The van der Waals surface area contributed by atoms with Gasteiger partial charge >= 0.3 is 6.18 Å². The molecule has 0 spiro atoms. The summed E-state index contributed by atoms with van der Waals surface area (Å²) in [6, 6.07) is 7.91. The second-order valence-electron chi connectivity index (χ2n) is 7.89. The van der Waals surface area contributed by atoms with Crippen molar-refractivity contribution in [1.82, 2.24) is 20.9 Å². The molecule has 1 aliphatic rings. The van der Waals surface area contributed by atoms with E-state index in [4.69, 9.17) is 0 Å². The molecule has 0 bridgehead atoms. The number of halogens is 3. The number of alkyl halides is 3. The van der Waals surface area contributed by atoms with Crippen LogP contribution in [0.2, 0.25) is 0 Å². The lowest BCUT2D eigenvalue weighted by Gasteiger charge is -2.24. The van der Waals surface area contributed by atoms with Crippen molar-refractivity contribution in [3.8, 4) is 0 Å². The first kappa shape index (κ1) is 23.2. The van der Waals surface area contributed by atoms with Crippen LogP contribution in [0.25, 0.3) is 0 Å². The first-order valence-electron chi connectivity index (χ1n) is 10.7. The molecule has 2 heterocycles. The van der Waals surface area contributed by atoms with Crippen LogP contribution in [-0.2, 0) is 17.4 Å². The van der Waals surface area contributed by atoms with E-state index < -0.39 is 17.8 Å². The van der Waals surface area contributed by atoms with Gasteiger partial charge in [-0.25, -0.2) is 0 Å². The number of nitrogens with one attached hydrogen (secondary N) is 3. The van der Waals surface area contributed by atoms with E-state index in [0.29, 0.717) is 31.0 Å². The lowest BCUT2D eigenvalue weighted by Crippen LogP contribution is -2.39. The third-order valence-electron chi connectivity index (χ3n) is 5.63. The molecule has 1 aliphatic heterocycles. The number of rotatable bonds is 9. The molecule has 8 heteroatoms. The number of benzene rings is 1. The summed E-state index contributed by atoms with van der Waals surface area (Å²) in [4.78, 5) is 16.9. The minimum atomic E-state index is -4.45. The van der Waals surface area contributed by atoms with Gasteiger partial charge in [0.25, 0.3) is 0 Å². The molecular weight excluding hydrogens is 405 g/mol. The van der Waals surface area contributed by atoms with Crippen molar-refractivity contribution >= 4 is 5.91 Å². The fourth-order valence-electron chi connectivity index (χ4n) is 3.84. The maximum atomic E-state index is 13.2. The summed E-state index contributed by atoms with van der Waals surface area (Å²) in [6.07, 6.45) is 2.59. The topological polar surface area (TPSA) is 66.0 Å². The van der Waals surface area contributed by atoms with Crippen molar-refractivity contribution in [3.63, 3.8) is 0 Å². The first-order valence-corrected chi connectivity index (χ1v) is 10.7. The molecule has 5 nitrogen and oxygen atoms in total. The van der Waals surface area contributed by atoms with E-state index in [1.165, 1.54) is 6.07 Å². The number of hydrogen-bond acceptors (Lipinski definition) is 4. The van der Waals surface area contributed by atoms with Gasteiger partial charge in [0.05, 0.1) is 5.56 Å². The van der Waals surface area contributed by atoms with Gasteiger partial charge in [-0.05, 0) is 86.6 Å². The molecule has 0 radical (unpaired) electrons. The van der Waals surface area contributed by atoms with Gasteiger partial charge in [0.2, 0.25) is 5.91 Å². The quantitative estimate of drug-likeness (QED) is 0.565. The van der Waals surface area contributed by atoms with E-state index in [2.05, 4.69) is 20.9 Å². The predicted molar refractivity (Wildman–Crippen MR) is 113 cm³/mol. The van der Waals surface area contributed by atoms with Gasteiger partial charge in [-0.3, -0.25) is 9.78 Å². The SMILES string of the molecule is O=C(NCCc1ccncc1)[C@H](NCCC1CCNCC1)c1cccc(C(F)(F)F)c1. The van der Waals surface area contributed by atoms with Gasteiger partial charge < -0.3 is 16.0 Å². The van der Waals surface area contributed by atoms with Crippen LogP contribution in [0, 0.1) is 5.92 Å². The van der Waals surface area contributed by atoms with Crippen LogP contribution < -0.4 is 16.0 Å². The van der Waals surface area contributed by atoms with Gasteiger partial charge in [-0.2, -0.15) is 13.2 Å². The Labute approximate surface area is 180 Å². The van der Waals surface area contributed by atoms with Crippen LogP contribution in [0.4, 0.5) is 13.2 Å². The summed E-state index contributed by atoms with van der Waals surface area (Å²) in [5, 5.41) is 9.38. The van der Waals surface area contributed by atoms with E-state index in [-0.39, 0.29) is 5.91 Å². The summed E-state index contributed by atoms with van der Waals surface area (Å²) in [6.45, 7) is 2.94. The Balaban J connectivity index is 1.64. The smallest absolute Gasteiger partial charge is 0.354 e. The standard InChI is InChI=1S/C23H29F3N4O/c24-23(25,26)20-3-1-2-19(16-20)21(29-14-8-17-4-10-27-11-5-17)22(31)30-15-9-18-6-12-28-13-7-18/h1-3,6-7,12-13,16-17,21,27,29H,4-5,8-11,14-15H2,(H,30,31)/t21-/m1/s1. The molecule has 3 N–H and O–H groups in total. The minimum Gasteiger partial charge on any atom is -0.354 e. The van der Waals surface area contributed by atoms with Crippen LogP contribution in [-0.4, -0.2) is 37.1 Å². The number of hydrogen-bond donors (Lipinski definition) is 3. The number of amides is 1. The Bertz CT molecular complexity index is 823. The number of pyridine rings is 1. The van der Waals surface area contributed by atoms with Crippen LogP contribution in [0.1, 0.15) is 42.0 Å². The number of piperidine rings is 1. The van der Waals surface area contributed by atoms with Gasteiger partial charge in [-0.1, -0.05) is 12.1 Å². The molecule has 1 amide bonds. The third-order valence-corrected chi connectivity index (χ3v) is 5.63. The number of carbonyl (C=O) groups is 1. The normalized spacial score (nSPS) is 16.1. The molecule has 3 rings (SSSR count). The van der Waals surface area contributed by atoms with Crippen LogP contribution >= 0.6 is 0 Å². The van der Waals surface area contributed by atoms with E-state index in [1.807, 2.05) is 12.1 Å². The molecule has 2 aromatic rings. The molecule has 0 unspecified atom stereocenters. The van der Waals surface area contributed by atoms with Crippen LogP contribution in [0.5, 0.6) is 0 Å². The molecule has 1 atom stereocenters. The summed E-state index contributed by atoms with van der Waals surface area (Å²) in [5.74, 6) is 0.240. The maximum absolute atomic E-state index is 13.2. The number of carbonyl (C=O) groups excluding carboxylic acids is 1. The Kier molecular flexibility index (Phi) is 8.43. The average molecular weight is 435 g/mol. The number of aromatic nitrogens is 1. The Morgan fingerprint density at radius 3 is 2.58 bits per heavy atom. The van der Waals surface area contributed by atoms with Gasteiger partial charge in [-0.15, -0.1) is 0 Å². The molecule has 0 aliphatic carbocycles. The van der Waals surface area contributed by atoms with Gasteiger partial charge in [0.15, 0.2) is 0 Å². The zero-order valence-electron chi connectivity index (χ0n) is 17.4. The van der Waals surface area contributed by atoms with E-state index in [1.54, 1.807) is 18.5 Å². The highest BCUT2D eigenvalue weighted by atomic mass is 19.4. The van der Waals surface area contributed by atoms with Crippen molar-refractivity contribution in [2.75, 3.05) is 26.2 Å². The van der Waals surface area contributed by atoms with Crippen molar-refractivity contribution in [2.24, 2.45) is 5.92 Å². The zero-order chi connectivity index (χ0) is 22.1. The lowest BCUT2D eigenvalue weighted by molar-refractivity contribution is -0.137. The first-order chi connectivity index (χ1) is 14.9. The fraction of sp³-hybridized carbons (Fsp3) is 0.478. The third kappa shape index (κ3) is 7.33. The molecule has 1 saturated heterocycles. The highest BCUT2D eigenvalue weighted by Crippen LogP contribution is 2.31. The molecule has 1 aromatic carbocycles. The summed E-state index contributed by atoms with van der Waals surface area (Å²) >= 11 is 0. The van der Waals surface area contributed by atoms with Crippen molar-refractivity contribution in [1.29, 1.82) is 0 Å². The van der Waals surface area contributed by atoms with Crippen molar-refractivity contribution in [3.05, 3.63) is 65.5 Å². The highest BCUT2D eigenvalue weighted by Gasteiger charge is 2.32. The highest BCUT2D eigenvalue weighted by molar-refractivity contribution is 5.83. The fourth-order valence-corrected chi connectivity index (χ4v) is 3.84. The van der Waals surface area contributed by atoms with Gasteiger partial charge in [0.1, 0.15) is 6.04 Å². The lowest BCUT2D eigenvalue weighted by atomic mass is 9.94. The summed E-state index contributed by atoms with van der Waals surface area (Å²) in [7, 11) is 0. The maximum Gasteiger partial charge on any atom is 0.416 e. The van der Waals surface area contributed by atoms with Crippen molar-refractivity contribution < 1.29 is 18.0 Å². The monoisotopic (exact) mass is 434 g/mol. The second-order valence-corrected chi connectivity index (χ2v) is 7.89. The van der Waals surface area contributed by atoms with E-state index >= 15 is 0 Å². The molecule has 31 heavy (non-hydrogen) atoms. The minimum absolute atomic E-state index is 0.321. The van der Waals surface area contributed by atoms with E-state index in [9.17, 15) is 18.0 Å². The van der Waals surface area contributed by atoms with Crippen molar-refractivity contribution in [2.45, 2.75) is 37.9 Å². The molecular formula is C23H29F3N4O. The van der Waals surface area contributed by atoms with Crippen LogP contribution in [0.15, 0.2) is 48.8 Å². The molecule has 1 aromatic heterocycles. The Hall–Kier alpha value is -2.45. The predicted octanol–water partition coefficient (Wildman–Crippen LogP) is 3.48. The summed E-state index contributed by atoms with van der Waals surface area (Å²) in [5.41, 5.74) is 0.603. The average Bonchev–Trinajstić information content (AvgIpc) is 2.77. The zero-order valence-corrected chi connectivity index (χ0v) is 17.4. The second kappa shape index (κ2) is 11.2. The summed E-state index contributed by atoms with van der Waals surface area (Å²) < 4.78 is 39.6. The number of nitrogens with zero attached hydrogens (tertiary/aromatic N) is 1. The van der Waals surface area contributed by atoms with Crippen LogP contribution in [0.3, 0.4) is 0 Å². The molecule has 168 valence electrons. The largest absolute Gasteiger partial charge is 0.416 e. The van der Waals surface area contributed by atoms with E-state index in [0.717, 1.165) is 50.0 Å².